The zero-order valence-electron chi connectivity index (χ0n) is 36.6. The summed E-state index contributed by atoms with van der Waals surface area (Å²) in [6.45, 7) is 0. The van der Waals surface area contributed by atoms with Crippen LogP contribution in [0.5, 0.6) is 0 Å². The number of hydrogen-bond donors (Lipinski definition) is 0. The first kappa shape index (κ1) is 39.1. The van der Waals surface area contributed by atoms with Gasteiger partial charge in [-0.25, -0.2) is 15.0 Å². The molecule has 0 unspecified atom stereocenters. The molecule has 0 bridgehead atoms. The van der Waals surface area contributed by atoms with Crippen LogP contribution in [0.15, 0.2) is 237 Å². The first-order chi connectivity index (χ1) is 33.7. The van der Waals surface area contributed by atoms with Crippen molar-refractivity contribution in [2.45, 2.75) is 0 Å². The van der Waals surface area contributed by atoms with Crippen molar-refractivity contribution in [3.05, 3.63) is 237 Å². The van der Waals surface area contributed by atoms with Gasteiger partial charge in [0.15, 0.2) is 17.5 Å². The van der Waals surface area contributed by atoms with Crippen molar-refractivity contribution < 1.29 is 0 Å². The standard InChI is InChI=1S/C61H39N7/c1-5-19-40(20-6-1)44-27-17-28-45(37-44)60-64-58(43-25-11-4-12-26-43)65-61(66-60)68-55-34-16-14-32-49(55)51-36-35-50-48-31-13-15-33-54(48)67(56(50)57(51)68)47-30-18-29-46(38-47)59-62-52(41-21-7-2-8-22-41)39-53(63-59)42-23-9-3-10-24-42/h1-39H. The van der Waals surface area contributed by atoms with Crippen LogP contribution >= 0.6 is 0 Å². The van der Waals surface area contributed by atoms with E-state index in [2.05, 4.69) is 185 Å². The lowest BCUT2D eigenvalue weighted by atomic mass is 10.0. The second-order valence-electron chi connectivity index (χ2n) is 16.9. The van der Waals surface area contributed by atoms with E-state index in [0.29, 0.717) is 23.4 Å². The lowest BCUT2D eigenvalue weighted by Crippen LogP contribution is -2.07. The fraction of sp³-hybridized carbons (Fsp3) is 0. The third-order valence-electron chi connectivity index (χ3n) is 12.8. The van der Waals surface area contributed by atoms with Gasteiger partial charge in [-0.1, -0.05) is 200 Å². The van der Waals surface area contributed by atoms with Crippen LogP contribution in [0, 0.1) is 0 Å². The van der Waals surface area contributed by atoms with E-state index in [-0.39, 0.29) is 0 Å². The van der Waals surface area contributed by atoms with Crippen molar-refractivity contribution in [2.75, 3.05) is 0 Å². The van der Waals surface area contributed by atoms with Crippen molar-refractivity contribution in [2.24, 2.45) is 0 Å². The Labute approximate surface area is 392 Å². The first-order valence-corrected chi connectivity index (χ1v) is 22.8. The van der Waals surface area contributed by atoms with Crippen LogP contribution in [0.4, 0.5) is 0 Å². The Hall–Kier alpha value is -9.33. The summed E-state index contributed by atoms with van der Waals surface area (Å²) in [5, 5.41) is 4.45. The number of aromatic nitrogens is 7. The van der Waals surface area contributed by atoms with E-state index in [1.165, 1.54) is 0 Å². The second kappa shape index (κ2) is 16.3. The topological polar surface area (TPSA) is 74.3 Å². The third-order valence-corrected chi connectivity index (χ3v) is 12.8. The van der Waals surface area contributed by atoms with Crippen LogP contribution in [0.2, 0.25) is 0 Å². The van der Waals surface area contributed by atoms with Crippen LogP contribution in [-0.2, 0) is 0 Å². The van der Waals surface area contributed by atoms with Gasteiger partial charge in [0.05, 0.1) is 33.5 Å². The maximum absolute atomic E-state index is 5.40. The summed E-state index contributed by atoms with van der Waals surface area (Å²) < 4.78 is 4.62. The summed E-state index contributed by atoms with van der Waals surface area (Å²) in [5.74, 6) is 2.36. The molecule has 0 amide bonds. The Morgan fingerprint density at radius 2 is 0.676 bits per heavy atom. The van der Waals surface area contributed by atoms with Gasteiger partial charge in [0, 0.05) is 55.0 Å². The molecule has 0 fully saturated rings. The van der Waals surface area contributed by atoms with Crippen LogP contribution in [0.25, 0.3) is 123 Å². The molecule has 13 aromatic rings. The molecule has 0 radical (unpaired) electrons. The Bertz CT molecular complexity index is 3950. The van der Waals surface area contributed by atoms with E-state index in [1.807, 2.05) is 60.7 Å². The zero-order chi connectivity index (χ0) is 45.0. The maximum atomic E-state index is 5.40. The normalized spacial score (nSPS) is 11.5. The fourth-order valence-electron chi connectivity index (χ4n) is 9.63. The molecule has 4 heterocycles. The minimum absolute atomic E-state index is 0.530. The van der Waals surface area contributed by atoms with Crippen LogP contribution in [0.3, 0.4) is 0 Å². The number of nitrogens with zero attached hydrogens (tertiary/aromatic N) is 7. The largest absolute Gasteiger partial charge is 0.307 e. The SMILES string of the molecule is c1ccc(-c2cccc(-c3nc(-c4ccccc4)nc(-n4c5ccccc5c5ccc6c7ccccc7n(-c7cccc(-c8nc(-c9ccccc9)cc(-c9ccccc9)n8)c7)c6c54)n3)c2)cc1. The summed E-state index contributed by atoms with van der Waals surface area (Å²) in [7, 11) is 0. The molecule has 0 N–H and O–H groups in total. The minimum atomic E-state index is 0.530. The summed E-state index contributed by atoms with van der Waals surface area (Å²) >= 11 is 0. The molecule has 0 aliphatic rings. The maximum Gasteiger partial charge on any atom is 0.238 e. The average Bonchev–Trinajstić information content (AvgIpc) is 3.95. The molecule has 0 aliphatic heterocycles. The van der Waals surface area contributed by atoms with E-state index < -0.39 is 0 Å². The van der Waals surface area contributed by atoms with Crippen molar-refractivity contribution in [1.29, 1.82) is 0 Å². The summed E-state index contributed by atoms with van der Waals surface area (Å²) in [6.07, 6.45) is 0. The van der Waals surface area contributed by atoms with Crippen molar-refractivity contribution in [1.82, 2.24) is 34.1 Å². The molecule has 0 saturated carbocycles. The lowest BCUT2D eigenvalue weighted by molar-refractivity contribution is 0.953. The smallest absolute Gasteiger partial charge is 0.238 e. The number of fused-ring (bicyclic) bond motifs is 7. The Kier molecular flexibility index (Phi) is 9.35. The Morgan fingerprint density at radius 1 is 0.250 bits per heavy atom. The number of para-hydroxylation sites is 2. The van der Waals surface area contributed by atoms with E-state index in [0.717, 1.165) is 99.6 Å². The van der Waals surface area contributed by atoms with Crippen molar-refractivity contribution >= 4 is 43.6 Å². The molecular weight excluding hydrogens is 831 g/mol. The zero-order valence-corrected chi connectivity index (χ0v) is 36.6. The highest BCUT2D eigenvalue weighted by molar-refractivity contribution is 6.23. The van der Waals surface area contributed by atoms with E-state index >= 15 is 0 Å². The molecule has 0 spiro atoms. The van der Waals surface area contributed by atoms with Gasteiger partial charge in [-0.15, -0.1) is 0 Å². The van der Waals surface area contributed by atoms with Gasteiger partial charge < -0.3 is 4.57 Å². The molecule has 7 nitrogen and oxygen atoms in total. The Balaban J connectivity index is 1.07. The fourth-order valence-corrected chi connectivity index (χ4v) is 9.63. The monoisotopic (exact) mass is 869 g/mol. The summed E-state index contributed by atoms with van der Waals surface area (Å²) in [4.78, 5) is 26.4. The minimum Gasteiger partial charge on any atom is -0.307 e. The quantitative estimate of drug-likeness (QED) is 0.152. The molecule has 0 aliphatic carbocycles. The molecule has 68 heavy (non-hydrogen) atoms. The van der Waals surface area contributed by atoms with Gasteiger partial charge in [-0.05, 0) is 47.5 Å². The van der Waals surface area contributed by atoms with Crippen LogP contribution < -0.4 is 0 Å². The first-order valence-electron chi connectivity index (χ1n) is 22.8. The molecule has 4 aromatic heterocycles. The predicted molar refractivity (Wildman–Crippen MR) is 277 cm³/mol. The van der Waals surface area contributed by atoms with Gasteiger partial charge in [0.1, 0.15) is 0 Å². The van der Waals surface area contributed by atoms with E-state index in [4.69, 9.17) is 24.9 Å². The predicted octanol–water partition coefficient (Wildman–Crippen LogP) is 14.9. The molecule has 0 saturated heterocycles. The molecule has 9 aromatic carbocycles. The second-order valence-corrected chi connectivity index (χ2v) is 16.9. The van der Waals surface area contributed by atoms with Crippen LogP contribution in [0.1, 0.15) is 0 Å². The number of hydrogen-bond acceptors (Lipinski definition) is 5. The van der Waals surface area contributed by atoms with Gasteiger partial charge in [0.2, 0.25) is 5.95 Å². The highest BCUT2D eigenvalue weighted by Gasteiger charge is 2.24. The van der Waals surface area contributed by atoms with Crippen molar-refractivity contribution in [3.63, 3.8) is 0 Å². The summed E-state index contributed by atoms with van der Waals surface area (Å²) in [6, 6.07) is 82.1. The van der Waals surface area contributed by atoms with E-state index in [1.54, 1.807) is 0 Å². The third kappa shape index (κ3) is 6.72. The molecule has 318 valence electrons. The molecule has 0 atom stereocenters. The van der Waals surface area contributed by atoms with Gasteiger partial charge in [-0.3, -0.25) is 4.57 Å². The van der Waals surface area contributed by atoms with Gasteiger partial charge in [-0.2, -0.15) is 9.97 Å². The highest BCUT2D eigenvalue weighted by Crippen LogP contribution is 2.42. The van der Waals surface area contributed by atoms with Gasteiger partial charge in [0.25, 0.3) is 0 Å². The van der Waals surface area contributed by atoms with Gasteiger partial charge >= 0.3 is 0 Å². The number of benzene rings is 9. The van der Waals surface area contributed by atoms with E-state index in [9.17, 15) is 0 Å². The summed E-state index contributed by atoms with van der Waals surface area (Å²) in [5.41, 5.74) is 13.8. The Morgan fingerprint density at radius 3 is 1.28 bits per heavy atom. The average molecular weight is 870 g/mol. The number of rotatable bonds is 8. The molecular formula is C61H39N7. The molecule has 7 heteroatoms. The van der Waals surface area contributed by atoms with Crippen LogP contribution in [-0.4, -0.2) is 34.1 Å². The highest BCUT2D eigenvalue weighted by atomic mass is 15.2. The van der Waals surface area contributed by atoms with Crippen molar-refractivity contribution in [3.8, 4) is 79.4 Å². The molecule has 13 rings (SSSR count). The lowest BCUT2D eigenvalue weighted by Gasteiger charge is -2.14.